The maximum Gasteiger partial charge on any atom is 0.343 e. The van der Waals surface area contributed by atoms with Crippen LogP contribution in [0.2, 0.25) is 0 Å². The normalized spacial score (nSPS) is 29.5. The fourth-order valence-electron chi connectivity index (χ4n) is 5.06. The number of rotatable bonds is 6. The Kier molecular flexibility index (Phi) is 5.33. The minimum Gasteiger partial charge on any atom is -0.461 e. The zero-order valence-corrected chi connectivity index (χ0v) is 18.4. The Labute approximate surface area is 192 Å². The molecule has 164 valence electrons. The van der Waals surface area contributed by atoms with Crippen LogP contribution in [0.25, 0.3) is 0 Å². The first-order chi connectivity index (χ1) is 15.4. The van der Waals surface area contributed by atoms with Crippen molar-refractivity contribution < 1.29 is 33.4 Å². The summed E-state index contributed by atoms with van der Waals surface area (Å²) in [6, 6.07) is 14.6. The number of Topliss-reactive ketones (excluding diaryl/α,β-unsaturated/α-hetero) is 1. The van der Waals surface area contributed by atoms with Gasteiger partial charge in [0.25, 0.3) is 0 Å². The number of carbonyl (C=O) groups is 4. The molecule has 2 saturated carbocycles. The lowest BCUT2D eigenvalue weighted by Crippen LogP contribution is -2.39. The molecule has 2 aliphatic carbocycles. The van der Waals surface area contributed by atoms with Gasteiger partial charge in [0.2, 0.25) is 0 Å². The van der Waals surface area contributed by atoms with Gasteiger partial charge in [-0.2, -0.15) is 0 Å². The molecule has 5 rings (SSSR count). The number of ketones is 1. The fraction of sp³-hybridized carbons (Fsp3) is 0.333. The summed E-state index contributed by atoms with van der Waals surface area (Å²) in [5, 5.41) is 0. The molecule has 0 unspecified atom stereocenters. The molecule has 3 fully saturated rings. The Morgan fingerprint density at radius 3 is 2.41 bits per heavy atom. The van der Waals surface area contributed by atoms with E-state index < -0.39 is 30.4 Å². The highest BCUT2D eigenvalue weighted by Gasteiger charge is 2.68. The van der Waals surface area contributed by atoms with E-state index in [9.17, 15) is 19.2 Å². The highest BCUT2D eigenvalue weighted by molar-refractivity contribution is 9.09. The summed E-state index contributed by atoms with van der Waals surface area (Å²) >= 11 is 3.55. The van der Waals surface area contributed by atoms with Gasteiger partial charge in [-0.3, -0.25) is 14.4 Å². The van der Waals surface area contributed by atoms with Crippen molar-refractivity contribution in [2.24, 2.45) is 23.7 Å². The van der Waals surface area contributed by atoms with Crippen molar-refractivity contribution in [2.75, 3.05) is 6.61 Å². The summed E-state index contributed by atoms with van der Waals surface area (Å²) in [5.74, 6) is -2.51. The first-order valence-electron chi connectivity index (χ1n) is 10.4. The van der Waals surface area contributed by atoms with Gasteiger partial charge in [0.05, 0.1) is 22.2 Å². The summed E-state index contributed by atoms with van der Waals surface area (Å²) in [4.78, 5) is 49.4. The number of ether oxygens (including phenoxy) is 3. The Morgan fingerprint density at radius 1 is 0.969 bits per heavy atom. The molecule has 2 aromatic rings. The van der Waals surface area contributed by atoms with Crippen LogP contribution in [0.1, 0.15) is 27.1 Å². The van der Waals surface area contributed by atoms with Crippen LogP contribution < -0.4 is 4.74 Å². The van der Waals surface area contributed by atoms with Crippen LogP contribution in [-0.4, -0.2) is 41.2 Å². The van der Waals surface area contributed by atoms with Gasteiger partial charge in [0, 0.05) is 11.5 Å². The molecule has 0 aromatic heterocycles. The third kappa shape index (κ3) is 3.52. The predicted octanol–water partition coefficient (Wildman–Crippen LogP) is 3.20. The standard InChI is InChI=1S/C24H19BrO7/c25-20-15-10-16-19(24(29)32-21(16)20)18(15)23(28)30-11-17(26)12-6-8-14(9-7-12)31-22(27)13-4-2-1-3-5-13/h1-9,15-16,18-21H,10-11H2/t15-,16-,18-,19-,20-,21+/m1/s1. The molecule has 3 aliphatic rings. The van der Waals surface area contributed by atoms with Crippen LogP contribution >= 0.6 is 15.9 Å². The molecule has 2 bridgehead atoms. The van der Waals surface area contributed by atoms with E-state index in [-0.39, 0.29) is 34.5 Å². The van der Waals surface area contributed by atoms with Gasteiger partial charge in [-0.25, -0.2) is 4.79 Å². The summed E-state index contributed by atoms with van der Waals surface area (Å²) < 4.78 is 16.0. The zero-order valence-electron chi connectivity index (χ0n) is 16.8. The van der Waals surface area contributed by atoms with E-state index in [0.717, 1.165) is 6.42 Å². The number of alkyl halides is 1. The largest absolute Gasteiger partial charge is 0.461 e. The molecule has 2 aromatic carbocycles. The number of halogens is 1. The minimum absolute atomic E-state index is 0.0253. The highest BCUT2D eigenvalue weighted by atomic mass is 79.9. The molecule has 0 radical (unpaired) electrons. The Balaban J connectivity index is 1.17. The minimum atomic E-state index is -0.580. The molecule has 1 heterocycles. The zero-order chi connectivity index (χ0) is 22.4. The molecule has 1 aliphatic heterocycles. The third-order valence-corrected chi connectivity index (χ3v) is 7.74. The van der Waals surface area contributed by atoms with Gasteiger partial charge in [0.1, 0.15) is 11.9 Å². The molecule has 32 heavy (non-hydrogen) atoms. The van der Waals surface area contributed by atoms with Gasteiger partial charge in [0.15, 0.2) is 12.4 Å². The van der Waals surface area contributed by atoms with E-state index in [1.54, 1.807) is 30.3 Å². The van der Waals surface area contributed by atoms with E-state index in [4.69, 9.17) is 14.2 Å². The van der Waals surface area contributed by atoms with Gasteiger partial charge in [-0.1, -0.05) is 34.1 Å². The average Bonchev–Trinajstić information content (AvgIpc) is 3.42. The van der Waals surface area contributed by atoms with Crippen molar-refractivity contribution in [3.05, 3.63) is 65.7 Å². The third-order valence-electron chi connectivity index (χ3n) is 6.54. The van der Waals surface area contributed by atoms with Crippen LogP contribution in [0.4, 0.5) is 0 Å². The number of esters is 3. The Bertz CT molecular complexity index is 1080. The fourth-order valence-corrected chi connectivity index (χ4v) is 6.10. The van der Waals surface area contributed by atoms with Crippen molar-refractivity contribution in [1.29, 1.82) is 0 Å². The highest BCUT2D eigenvalue weighted by Crippen LogP contribution is 2.60. The van der Waals surface area contributed by atoms with E-state index >= 15 is 0 Å². The van der Waals surface area contributed by atoms with E-state index in [1.165, 1.54) is 24.3 Å². The summed E-state index contributed by atoms with van der Waals surface area (Å²) in [6.45, 7) is -0.423. The van der Waals surface area contributed by atoms with E-state index in [0.29, 0.717) is 16.9 Å². The molecule has 8 heteroatoms. The SMILES string of the molecule is O=C(COC(=O)[C@@H]1[C@H]2C[C@H]3[C@H](OC(=O)[C@H]31)[C@@H]2Br)c1ccc(OC(=O)c2ccccc2)cc1. The number of hydrogen-bond donors (Lipinski definition) is 0. The molecule has 0 N–H and O–H groups in total. The second-order valence-corrected chi connectivity index (χ2v) is 9.33. The van der Waals surface area contributed by atoms with Crippen LogP contribution in [0.15, 0.2) is 54.6 Å². The van der Waals surface area contributed by atoms with Gasteiger partial charge >= 0.3 is 17.9 Å². The number of carbonyl (C=O) groups excluding carboxylic acids is 4. The van der Waals surface area contributed by atoms with E-state index in [1.807, 2.05) is 0 Å². The van der Waals surface area contributed by atoms with Gasteiger partial charge in [-0.05, 0) is 48.7 Å². The molecule has 1 saturated heterocycles. The van der Waals surface area contributed by atoms with Crippen molar-refractivity contribution in [2.45, 2.75) is 17.4 Å². The van der Waals surface area contributed by atoms with Crippen LogP contribution in [-0.2, 0) is 19.1 Å². The lowest BCUT2D eigenvalue weighted by molar-refractivity contribution is -0.154. The van der Waals surface area contributed by atoms with Crippen LogP contribution in [0, 0.1) is 23.7 Å². The van der Waals surface area contributed by atoms with E-state index in [2.05, 4.69) is 15.9 Å². The number of benzene rings is 2. The quantitative estimate of drug-likeness (QED) is 0.261. The average molecular weight is 499 g/mol. The Hall–Kier alpha value is -3.00. The molecular weight excluding hydrogens is 480 g/mol. The molecule has 7 nitrogen and oxygen atoms in total. The van der Waals surface area contributed by atoms with Crippen LogP contribution in [0.5, 0.6) is 5.75 Å². The second kappa shape index (κ2) is 8.16. The molecular formula is C24H19BrO7. The summed E-state index contributed by atoms with van der Waals surface area (Å²) in [5.41, 5.74) is 0.743. The first kappa shape index (κ1) is 20.9. The van der Waals surface area contributed by atoms with Crippen molar-refractivity contribution in [1.82, 2.24) is 0 Å². The molecule has 0 spiro atoms. The maximum atomic E-state index is 12.7. The van der Waals surface area contributed by atoms with Gasteiger partial charge in [-0.15, -0.1) is 0 Å². The summed E-state index contributed by atoms with van der Waals surface area (Å²) in [6.07, 6.45) is 0.575. The van der Waals surface area contributed by atoms with Crippen LogP contribution in [0.3, 0.4) is 0 Å². The topological polar surface area (TPSA) is 96.0 Å². The Morgan fingerprint density at radius 2 is 1.69 bits per heavy atom. The molecule has 6 atom stereocenters. The predicted molar refractivity (Wildman–Crippen MR) is 114 cm³/mol. The second-order valence-electron chi connectivity index (χ2n) is 8.27. The number of hydrogen-bond acceptors (Lipinski definition) is 7. The van der Waals surface area contributed by atoms with Crippen molar-refractivity contribution in [3.63, 3.8) is 0 Å². The number of fused-ring (bicyclic) bond motifs is 1. The van der Waals surface area contributed by atoms with Crippen molar-refractivity contribution >= 4 is 39.6 Å². The lowest BCUT2D eigenvalue weighted by atomic mass is 9.80. The smallest absolute Gasteiger partial charge is 0.343 e. The van der Waals surface area contributed by atoms with Gasteiger partial charge < -0.3 is 14.2 Å². The maximum absolute atomic E-state index is 12.7. The lowest BCUT2D eigenvalue weighted by Gasteiger charge is -2.26. The monoisotopic (exact) mass is 498 g/mol. The first-order valence-corrected chi connectivity index (χ1v) is 11.3. The summed E-state index contributed by atoms with van der Waals surface area (Å²) in [7, 11) is 0. The molecule has 0 amide bonds. The van der Waals surface area contributed by atoms with Crippen molar-refractivity contribution in [3.8, 4) is 5.75 Å².